The van der Waals surface area contributed by atoms with Gasteiger partial charge in [-0.1, -0.05) is 55.5 Å². The van der Waals surface area contributed by atoms with Crippen molar-refractivity contribution in [3.8, 4) is 11.1 Å². The van der Waals surface area contributed by atoms with Crippen molar-refractivity contribution in [2.75, 3.05) is 6.54 Å². The molecule has 0 fully saturated rings. The van der Waals surface area contributed by atoms with E-state index in [4.69, 9.17) is 0 Å². The molecule has 34 heavy (non-hydrogen) atoms. The van der Waals surface area contributed by atoms with Crippen molar-refractivity contribution in [2.24, 2.45) is 0 Å². The van der Waals surface area contributed by atoms with Gasteiger partial charge in [0.25, 0.3) is 5.91 Å². The zero-order chi connectivity index (χ0) is 24.8. The van der Waals surface area contributed by atoms with Crippen LogP contribution < -0.4 is 16.0 Å². The Kier molecular flexibility index (Phi) is 7.94. The summed E-state index contributed by atoms with van der Waals surface area (Å²) in [6.07, 6.45) is 0.286. The van der Waals surface area contributed by atoms with E-state index in [1.165, 1.54) is 13.8 Å². The van der Waals surface area contributed by atoms with Crippen molar-refractivity contribution in [2.45, 2.75) is 51.6 Å². The summed E-state index contributed by atoms with van der Waals surface area (Å²) in [6, 6.07) is 13.7. The lowest BCUT2D eigenvalue weighted by atomic mass is 9.91. The molecule has 0 radical (unpaired) electrons. The molecule has 1 aliphatic carbocycles. The molecule has 178 valence electrons. The topological polar surface area (TPSA) is 121 Å². The van der Waals surface area contributed by atoms with Gasteiger partial charge in [0.2, 0.25) is 17.6 Å². The standard InChI is InChI=1S/C26H29N3O5/c1-4-17(30)14-27-24(32)15(2)28-25(33)16(3)29-26(34)23(31)13-22-20-11-7-5-9-18(20)19-10-6-8-12-21(19)22/h5-12,15-16,22H,4,13-14H2,1-3H3,(H,27,32)(H,28,33)(H,29,34)/t15-,16-/m0/s1. The van der Waals surface area contributed by atoms with E-state index in [1.807, 2.05) is 48.5 Å². The summed E-state index contributed by atoms with van der Waals surface area (Å²) in [4.78, 5) is 61.0. The second-order valence-electron chi connectivity index (χ2n) is 8.39. The van der Waals surface area contributed by atoms with Crippen LogP contribution >= 0.6 is 0 Å². The van der Waals surface area contributed by atoms with Gasteiger partial charge in [0.05, 0.1) is 6.54 Å². The molecule has 0 spiro atoms. The second-order valence-corrected chi connectivity index (χ2v) is 8.39. The minimum atomic E-state index is -1.02. The van der Waals surface area contributed by atoms with Gasteiger partial charge in [-0.15, -0.1) is 0 Å². The van der Waals surface area contributed by atoms with E-state index in [2.05, 4.69) is 16.0 Å². The average Bonchev–Trinajstić information content (AvgIpc) is 3.15. The van der Waals surface area contributed by atoms with Gasteiger partial charge in [0.15, 0.2) is 5.78 Å². The number of rotatable bonds is 10. The predicted octanol–water partition coefficient (Wildman–Crippen LogP) is 1.86. The number of hydrogen-bond donors (Lipinski definition) is 3. The lowest BCUT2D eigenvalue weighted by molar-refractivity contribution is -0.139. The lowest BCUT2D eigenvalue weighted by Crippen LogP contribution is -2.53. The Morgan fingerprint density at radius 1 is 0.794 bits per heavy atom. The van der Waals surface area contributed by atoms with Gasteiger partial charge in [0, 0.05) is 18.8 Å². The molecule has 3 N–H and O–H groups in total. The van der Waals surface area contributed by atoms with Crippen LogP contribution in [0.1, 0.15) is 50.7 Å². The van der Waals surface area contributed by atoms with Gasteiger partial charge >= 0.3 is 0 Å². The Hall–Kier alpha value is -3.81. The Morgan fingerprint density at radius 2 is 1.32 bits per heavy atom. The zero-order valence-electron chi connectivity index (χ0n) is 19.5. The SMILES string of the molecule is CCC(=O)CNC(=O)[C@H](C)NC(=O)[C@H](C)NC(=O)C(=O)CC1c2ccccc2-c2ccccc21. The first kappa shape index (κ1) is 24.8. The highest BCUT2D eigenvalue weighted by atomic mass is 16.2. The van der Waals surface area contributed by atoms with Gasteiger partial charge in [-0.05, 0) is 36.1 Å². The fraction of sp³-hybridized carbons (Fsp3) is 0.346. The van der Waals surface area contributed by atoms with Gasteiger partial charge in [-0.3, -0.25) is 24.0 Å². The van der Waals surface area contributed by atoms with Gasteiger partial charge in [0.1, 0.15) is 12.1 Å². The van der Waals surface area contributed by atoms with Crippen LogP contribution in [0.4, 0.5) is 0 Å². The third-order valence-corrected chi connectivity index (χ3v) is 5.95. The maximum Gasteiger partial charge on any atom is 0.288 e. The summed E-state index contributed by atoms with van der Waals surface area (Å²) in [5, 5.41) is 7.34. The molecule has 8 nitrogen and oxygen atoms in total. The molecule has 0 aromatic heterocycles. The summed E-state index contributed by atoms with van der Waals surface area (Å²) < 4.78 is 0. The average molecular weight is 464 g/mol. The van der Waals surface area contributed by atoms with Crippen LogP contribution in [0.15, 0.2) is 48.5 Å². The highest BCUT2D eigenvalue weighted by Gasteiger charge is 2.32. The Morgan fingerprint density at radius 3 is 1.88 bits per heavy atom. The van der Waals surface area contributed by atoms with Crippen molar-refractivity contribution in [1.29, 1.82) is 0 Å². The molecule has 2 aromatic carbocycles. The number of nitrogens with one attached hydrogen (secondary N) is 3. The molecule has 0 saturated heterocycles. The molecule has 3 amide bonds. The van der Waals surface area contributed by atoms with Crippen molar-refractivity contribution >= 4 is 29.3 Å². The minimum absolute atomic E-state index is 0.0154. The van der Waals surface area contributed by atoms with Crippen molar-refractivity contribution in [3.05, 3.63) is 59.7 Å². The molecular formula is C26H29N3O5. The number of Topliss-reactive ketones (excluding diaryl/α,β-unsaturated/α-hetero) is 2. The summed E-state index contributed by atoms with van der Waals surface area (Å²) >= 11 is 0. The number of ketones is 2. The van der Waals surface area contributed by atoms with Crippen LogP contribution in [0.5, 0.6) is 0 Å². The predicted molar refractivity (Wildman–Crippen MR) is 127 cm³/mol. The number of hydrogen-bond acceptors (Lipinski definition) is 5. The van der Waals surface area contributed by atoms with Gasteiger partial charge in [-0.25, -0.2) is 0 Å². The molecule has 0 heterocycles. The van der Waals surface area contributed by atoms with Crippen LogP contribution in [0.2, 0.25) is 0 Å². The van der Waals surface area contributed by atoms with Crippen LogP contribution in [-0.4, -0.2) is 47.9 Å². The highest BCUT2D eigenvalue weighted by Crippen LogP contribution is 2.46. The fourth-order valence-corrected chi connectivity index (χ4v) is 3.97. The molecule has 3 rings (SSSR count). The first-order chi connectivity index (χ1) is 16.2. The Balaban J connectivity index is 1.56. The van der Waals surface area contributed by atoms with Crippen LogP contribution in [0, 0.1) is 0 Å². The van der Waals surface area contributed by atoms with Crippen molar-refractivity contribution in [3.63, 3.8) is 0 Å². The number of carbonyl (C=O) groups excluding carboxylic acids is 5. The van der Waals surface area contributed by atoms with Crippen molar-refractivity contribution in [1.82, 2.24) is 16.0 Å². The molecule has 0 saturated carbocycles. The number of fused-ring (bicyclic) bond motifs is 3. The van der Waals surface area contributed by atoms with Crippen LogP contribution in [0.25, 0.3) is 11.1 Å². The Bertz CT molecular complexity index is 1080. The van der Waals surface area contributed by atoms with Crippen molar-refractivity contribution < 1.29 is 24.0 Å². The molecule has 2 aromatic rings. The molecule has 0 unspecified atom stereocenters. The number of carbonyl (C=O) groups is 5. The van der Waals surface area contributed by atoms with E-state index in [1.54, 1.807) is 6.92 Å². The third kappa shape index (κ3) is 5.57. The minimum Gasteiger partial charge on any atom is -0.347 e. The first-order valence-corrected chi connectivity index (χ1v) is 11.3. The molecule has 0 bridgehead atoms. The van der Waals surface area contributed by atoms with Gasteiger partial charge < -0.3 is 16.0 Å². The molecular weight excluding hydrogens is 434 g/mol. The third-order valence-electron chi connectivity index (χ3n) is 5.95. The van der Waals surface area contributed by atoms with E-state index in [0.29, 0.717) is 6.42 Å². The molecule has 0 aliphatic heterocycles. The largest absolute Gasteiger partial charge is 0.347 e. The maximum atomic E-state index is 12.7. The van der Waals surface area contributed by atoms with Crippen LogP contribution in [0.3, 0.4) is 0 Å². The Labute approximate surface area is 198 Å². The van der Waals surface area contributed by atoms with E-state index in [0.717, 1.165) is 22.3 Å². The highest BCUT2D eigenvalue weighted by molar-refractivity contribution is 6.36. The molecule has 2 atom stereocenters. The lowest BCUT2D eigenvalue weighted by Gasteiger charge is -2.18. The van der Waals surface area contributed by atoms with Gasteiger partial charge in [-0.2, -0.15) is 0 Å². The maximum absolute atomic E-state index is 12.7. The number of amides is 3. The normalized spacial score (nSPS) is 13.7. The summed E-state index contributed by atoms with van der Waals surface area (Å²) in [6.45, 7) is 4.49. The zero-order valence-corrected chi connectivity index (χ0v) is 19.5. The van der Waals surface area contributed by atoms with E-state index in [9.17, 15) is 24.0 Å². The summed E-state index contributed by atoms with van der Waals surface area (Å²) in [7, 11) is 0. The second kappa shape index (κ2) is 10.9. The molecule has 8 heteroatoms. The smallest absolute Gasteiger partial charge is 0.288 e. The summed E-state index contributed by atoms with van der Waals surface area (Å²) in [5.74, 6) is -2.96. The van der Waals surface area contributed by atoms with E-state index < -0.39 is 35.6 Å². The monoisotopic (exact) mass is 463 g/mol. The number of benzene rings is 2. The molecule has 1 aliphatic rings. The fourth-order valence-electron chi connectivity index (χ4n) is 3.97. The van der Waals surface area contributed by atoms with E-state index in [-0.39, 0.29) is 24.7 Å². The van der Waals surface area contributed by atoms with E-state index >= 15 is 0 Å². The quantitative estimate of drug-likeness (QED) is 0.465. The van der Waals surface area contributed by atoms with Crippen LogP contribution in [-0.2, 0) is 24.0 Å². The summed E-state index contributed by atoms with van der Waals surface area (Å²) in [5.41, 5.74) is 4.10. The first-order valence-electron chi connectivity index (χ1n) is 11.3.